The molecule has 16 heavy (non-hydrogen) atoms. The highest BCUT2D eigenvalue weighted by molar-refractivity contribution is 5.89. The monoisotopic (exact) mass is 221 g/mol. The fraction of sp³-hybridized carbons (Fsp3) is 0.417. The number of ether oxygens (including phenoxy) is 2. The third-order valence-electron chi connectivity index (χ3n) is 2.56. The molecule has 0 amide bonds. The van der Waals surface area contributed by atoms with E-state index in [-0.39, 0.29) is 11.7 Å². The molecule has 0 radical (unpaired) electrons. The van der Waals surface area contributed by atoms with Crippen LogP contribution in [0.3, 0.4) is 0 Å². The van der Waals surface area contributed by atoms with Gasteiger partial charge in [-0.05, 0) is 25.0 Å². The van der Waals surface area contributed by atoms with Gasteiger partial charge in [-0.1, -0.05) is 12.1 Å². The van der Waals surface area contributed by atoms with Gasteiger partial charge >= 0.3 is 0 Å². The van der Waals surface area contributed by atoms with Crippen LogP contribution in [0.2, 0.25) is 0 Å². The van der Waals surface area contributed by atoms with Gasteiger partial charge in [0.25, 0.3) is 0 Å². The molecule has 1 aliphatic heterocycles. The van der Waals surface area contributed by atoms with Crippen LogP contribution in [0.25, 0.3) is 0 Å². The highest BCUT2D eigenvalue weighted by Crippen LogP contribution is 2.19. The first kappa shape index (κ1) is 11.0. The fourth-order valence-electron chi connectivity index (χ4n) is 1.72. The van der Waals surface area contributed by atoms with E-state index in [2.05, 4.69) is 0 Å². The first-order valence-corrected chi connectivity index (χ1v) is 5.32. The van der Waals surface area contributed by atoms with Gasteiger partial charge in [-0.3, -0.25) is 0 Å². The minimum absolute atomic E-state index is 0.0785. The van der Waals surface area contributed by atoms with E-state index in [1.54, 1.807) is 18.2 Å². The van der Waals surface area contributed by atoms with Crippen LogP contribution in [0.15, 0.2) is 24.3 Å². The van der Waals surface area contributed by atoms with Gasteiger partial charge in [0.2, 0.25) is 0 Å². The molecule has 0 N–H and O–H groups in total. The van der Waals surface area contributed by atoms with Gasteiger partial charge in [0.15, 0.2) is 0 Å². The quantitative estimate of drug-likeness (QED) is 0.747. The zero-order chi connectivity index (χ0) is 11.4. The van der Waals surface area contributed by atoms with Gasteiger partial charge in [-0.15, -0.1) is 0 Å². The van der Waals surface area contributed by atoms with E-state index in [4.69, 9.17) is 9.47 Å². The molecule has 1 aliphatic rings. The molecule has 1 fully saturated rings. The molecule has 0 spiro atoms. The van der Waals surface area contributed by atoms with Gasteiger partial charge in [0, 0.05) is 12.2 Å². The second-order valence-electron chi connectivity index (χ2n) is 3.73. The number of rotatable bonds is 4. The van der Waals surface area contributed by atoms with Crippen molar-refractivity contribution in [2.24, 2.45) is 0 Å². The van der Waals surface area contributed by atoms with E-state index < -0.39 is 5.97 Å². The van der Waals surface area contributed by atoms with Crippen LogP contribution >= 0.6 is 0 Å². The van der Waals surface area contributed by atoms with E-state index in [0.29, 0.717) is 12.4 Å². The molecule has 0 bridgehead atoms. The molecule has 1 saturated heterocycles. The first-order valence-electron chi connectivity index (χ1n) is 5.32. The summed E-state index contributed by atoms with van der Waals surface area (Å²) in [7, 11) is 0. The maximum Gasteiger partial charge on any atom is 0.128 e. The molecule has 0 aliphatic carbocycles. The Kier molecular flexibility index (Phi) is 3.41. The van der Waals surface area contributed by atoms with Gasteiger partial charge in [0.1, 0.15) is 12.4 Å². The number of para-hydroxylation sites is 1. The van der Waals surface area contributed by atoms with E-state index in [0.717, 1.165) is 19.4 Å². The maximum atomic E-state index is 10.8. The van der Waals surface area contributed by atoms with Crippen LogP contribution in [0, 0.1) is 0 Å². The van der Waals surface area contributed by atoms with Gasteiger partial charge in [-0.2, -0.15) is 0 Å². The van der Waals surface area contributed by atoms with Crippen molar-refractivity contribution in [2.75, 3.05) is 13.2 Å². The van der Waals surface area contributed by atoms with Gasteiger partial charge < -0.3 is 19.4 Å². The zero-order valence-corrected chi connectivity index (χ0v) is 8.85. The smallest absolute Gasteiger partial charge is 0.128 e. The Labute approximate surface area is 93.8 Å². The SMILES string of the molecule is O=C([O-])c1ccccc1OC[C@@H]1CCCO1. The molecule has 4 nitrogen and oxygen atoms in total. The summed E-state index contributed by atoms with van der Waals surface area (Å²) in [4.78, 5) is 10.8. The van der Waals surface area contributed by atoms with Crippen molar-refractivity contribution in [3.8, 4) is 5.75 Å². The van der Waals surface area contributed by atoms with Crippen molar-refractivity contribution in [3.05, 3.63) is 29.8 Å². The molecule has 4 heteroatoms. The molecule has 1 aromatic carbocycles. The van der Waals surface area contributed by atoms with E-state index in [1.165, 1.54) is 6.07 Å². The molecule has 86 valence electrons. The first-order chi connectivity index (χ1) is 7.77. The largest absolute Gasteiger partial charge is 0.545 e. The summed E-state index contributed by atoms with van der Waals surface area (Å²) < 4.78 is 10.8. The number of carbonyl (C=O) groups excluding carboxylic acids is 1. The van der Waals surface area contributed by atoms with E-state index in [9.17, 15) is 9.90 Å². The number of hydrogen-bond acceptors (Lipinski definition) is 4. The van der Waals surface area contributed by atoms with Crippen molar-refractivity contribution < 1.29 is 19.4 Å². The minimum Gasteiger partial charge on any atom is -0.545 e. The Morgan fingerprint density at radius 2 is 2.31 bits per heavy atom. The Morgan fingerprint density at radius 1 is 1.50 bits per heavy atom. The lowest BCUT2D eigenvalue weighted by Crippen LogP contribution is -2.24. The highest BCUT2D eigenvalue weighted by atomic mass is 16.5. The number of carboxylic acid groups (broad SMARTS) is 1. The van der Waals surface area contributed by atoms with Crippen LogP contribution in [0.5, 0.6) is 5.75 Å². The predicted octanol–water partition coefficient (Wildman–Crippen LogP) is 0.608. The van der Waals surface area contributed by atoms with E-state index in [1.807, 2.05) is 0 Å². The molecule has 0 saturated carbocycles. The minimum atomic E-state index is -1.22. The summed E-state index contributed by atoms with van der Waals surface area (Å²) >= 11 is 0. The Bertz CT molecular complexity index is 369. The lowest BCUT2D eigenvalue weighted by Gasteiger charge is -2.14. The molecular weight excluding hydrogens is 208 g/mol. The van der Waals surface area contributed by atoms with Crippen LogP contribution in [-0.4, -0.2) is 25.3 Å². The van der Waals surface area contributed by atoms with Crippen LogP contribution < -0.4 is 9.84 Å². The maximum absolute atomic E-state index is 10.8. The Morgan fingerprint density at radius 3 is 3.00 bits per heavy atom. The average molecular weight is 221 g/mol. The Balaban J connectivity index is 2.00. The lowest BCUT2D eigenvalue weighted by molar-refractivity contribution is -0.255. The van der Waals surface area contributed by atoms with Crippen LogP contribution in [-0.2, 0) is 4.74 Å². The fourth-order valence-corrected chi connectivity index (χ4v) is 1.72. The molecule has 0 aromatic heterocycles. The normalized spacial score (nSPS) is 19.6. The molecule has 0 unspecified atom stereocenters. The third kappa shape index (κ3) is 2.52. The standard InChI is InChI=1S/C12H14O4/c13-12(14)10-5-1-2-6-11(10)16-8-9-4-3-7-15-9/h1-2,5-6,9H,3-4,7-8H2,(H,13,14)/p-1/t9-/m0/s1. The molecule has 1 aromatic rings. The number of carbonyl (C=O) groups is 1. The van der Waals surface area contributed by atoms with Crippen molar-refractivity contribution >= 4 is 5.97 Å². The second-order valence-corrected chi connectivity index (χ2v) is 3.73. The summed E-state index contributed by atoms with van der Waals surface area (Å²) in [6.07, 6.45) is 2.08. The number of aromatic carboxylic acids is 1. The lowest BCUT2D eigenvalue weighted by atomic mass is 10.2. The Hall–Kier alpha value is -1.55. The molecule has 1 heterocycles. The van der Waals surface area contributed by atoms with E-state index >= 15 is 0 Å². The van der Waals surface area contributed by atoms with Crippen molar-refractivity contribution in [3.63, 3.8) is 0 Å². The summed E-state index contributed by atoms with van der Waals surface area (Å²) in [5.41, 5.74) is 0.0838. The van der Waals surface area contributed by atoms with Gasteiger partial charge in [0.05, 0.1) is 12.1 Å². The summed E-state index contributed by atoms with van der Waals surface area (Å²) in [6, 6.07) is 6.47. The molecule has 2 rings (SSSR count). The zero-order valence-electron chi connectivity index (χ0n) is 8.85. The summed E-state index contributed by atoms with van der Waals surface area (Å²) in [5.74, 6) is -0.874. The summed E-state index contributed by atoms with van der Waals surface area (Å²) in [6.45, 7) is 1.15. The summed E-state index contributed by atoms with van der Waals surface area (Å²) in [5, 5.41) is 10.8. The van der Waals surface area contributed by atoms with Crippen LogP contribution in [0.4, 0.5) is 0 Å². The van der Waals surface area contributed by atoms with Crippen molar-refractivity contribution in [1.82, 2.24) is 0 Å². The topological polar surface area (TPSA) is 58.6 Å². The number of hydrogen-bond donors (Lipinski definition) is 0. The predicted molar refractivity (Wildman–Crippen MR) is 55.2 cm³/mol. The molecule has 1 atom stereocenters. The number of carboxylic acids is 1. The van der Waals surface area contributed by atoms with Crippen molar-refractivity contribution in [2.45, 2.75) is 18.9 Å². The average Bonchev–Trinajstić information content (AvgIpc) is 2.79. The molecular formula is C12H13O4-. The number of benzene rings is 1. The third-order valence-corrected chi connectivity index (χ3v) is 2.56. The highest BCUT2D eigenvalue weighted by Gasteiger charge is 2.16. The van der Waals surface area contributed by atoms with Crippen molar-refractivity contribution in [1.29, 1.82) is 0 Å². The van der Waals surface area contributed by atoms with Gasteiger partial charge in [-0.25, -0.2) is 0 Å². The van der Waals surface area contributed by atoms with Crippen LogP contribution in [0.1, 0.15) is 23.2 Å². The second kappa shape index (κ2) is 4.99.